The monoisotopic (exact) mass is 483 g/mol. The van der Waals surface area contributed by atoms with Crippen LogP contribution in [0.3, 0.4) is 0 Å². The van der Waals surface area contributed by atoms with Gasteiger partial charge in [0, 0.05) is 35.9 Å². The third-order valence-corrected chi connectivity index (χ3v) is 6.79. The molecule has 1 saturated heterocycles. The van der Waals surface area contributed by atoms with Gasteiger partial charge in [0.25, 0.3) is 5.91 Å². The summed E-state index contributed by atoms with van der Waals surface area (Å²) in [5, 5.41) is 5.90. The maximum absolute atomic E-state index is 13.6. The number of aromatic nitrogens is 1. The SMILES string of the molecule is Cc1c(C(=O)NCC2C(=O)NC(C)CC2C)cc2cccn2c1C(C)OCc1cc(F)cc(F)c1. The van der Waals surface area contributed by atoms with Gasteiger partial charge in [-0.15, -0.1) is 0 Å². The number of hydrogen-bond donors (Lipinski definition) is 2. The molecule has 0 aliphatic carbocycles. The second-order valence-electron chi connectivity index (χ2n) is 9.54. The molecule has 2 aromatic heterocycles. The summed E-state index contributed by atoms with van der Waals surface area (Å²) in [6, 6.07) is 9.02. The van der Waals surface area contributed by atoms with Gasteiger partial charge in [0.05, 0.1) is 24.3 Å². The average Bonchev–Trinajstić information content (AvgIpc) is 3.23. The van der Waals surface area contributed by atoms with Crippen molar-refractivity contribution < 1.29 is 23.1 Å². The van der Waals surface area contributed by atoms with Crippen LogP contribution in [0.5, 0.6) is 0 Å². The van der Waals surface area contributed by atoms with E-state index >= 15 is 0 Å². The molecule has 35 heavy (non-hydrogen) atoms. The van der Waals surface area contributed by atoms with E-state index in [2.05, 4.69) is 10.6 Å². The highest BCUT2D eigenvalue weighted by atomic mass is 19.1. The van der Waals surface area contributed by atoms with Crippen LogP contribution in [-0.2, 0) is 16.1 Å². The number of ether oxygens (including phenoxy) is 1. The Balaban J connectivity index is 1.54. The Morgan fingerprint density at radius 1 is 1.23 bits per heavy atom. The van der Waals surface area contributed by atoms with Crippen LogP contribution in [0.4, 0.5) is 8.78 Å². The van der Waals surface area contributed by atoms with Crippen LogP contribution in [0, 0.1) is 30.4 Å². The molecule has 0 saturated carbocycles. The second kappa shape index (κ2) is 10.2. The van der Waals surface area contributed by atoms with Crippen molar-refractivity contribution in [2.24, 2.45) is 11.8 Å². The minimum absolute atomic E-state index is 0.0155. The standard InChI is InChI=1S/C27H31F2N3O3/c1-15-8-16(2)31-27(34)24(15)13-30-26(33)23-12-22-6-5-7-32(22)25(17(23)3)18(4)35-14-19-9-20(28)11-21(29)10-19/h5-7,9-12,15-16,18,24H,8,13-14H2,1-4H3,(H,30,33)(H,31,34). The Labute approximate surface area is 203 Å². The number of carbonyl (C=O) groups excluding carboxylic acids is 2. The largest absolute Gasteiger partial charge is 0.368 e. The third-order valence-electron chi connectivity index (χ3n) is 6.79. The summed E-state index contributed by atoms with van der Waals surface area (Å²) in [6.45, 7) is 7.98. The van der Waals surface area contributed by atoms with Gasteiger partial charge in [0.1, 0.15) is 11.6 Å². The number of pyridine rings is 1. The molecule has 0 bridgehead atoms. The van der Waals surface area contributed by atoms with E-state index in [4.69, 9.17) is 4.74 Å². The minimum atomic E-state index is -0.658. The van der Waals surface area contributed by atoms with E-state index in [1.165, 1.54) is 12.1 Å². The summed E-state index contributed by atoms with van der Waals surface area (Å²) in [4.78, 5) is 25.6. The van der Waals surface area contributed by atoms with Crippen LogP contribution < -0.4 is 10.6 Å². The predicted molar refractivity (Wildman–Crippen MR) is 129 cm³/mol. The number of halogens is 2. The van der Waals surface area contributed by atoms with Crippen molar-refractivity contribution in [2.45, 2.75) is 52.9 Å². The fourth-order valence-corrected chi connectivity index (χ4v) is 5.02. The lowest BCUT2D eigenvalue weighted by Crippen LogP contribution is -2.50. The van der Waals surface area contributed by atoms with E-state index in [9.17, 15) is 18.4 Å². The zero-order valence-corrected chi connectivity index (χ0v) is 20.4. The molecule has 4 rings (SSSR count). The van der Waals surface area contributed by atoms with Crippen molar-refractivity contribution in [1.29, 1.82) is 0 Å². The van der Waals surface area contributed by atoms with Crippen LogP contribution >= 0.6 is 0 Å². The topological polar surface area (TPSA) is 71.8 Å². The molecule has 0 spiro atoms. The first-order chi connectivity index (χ1) is 16.6. The lowest BCUT2D eigenvalue weighted by molar-refractivity contribution is -0.129. The van der Waals surface area contributed by atoms with Gasteiger partial charge in [0.2, 0.25) is 5.91 Å². The first kappa shape index (κ1) is 24.9. The zero-order valence-electron chi connectivity index (χ0n) is 20.4. The Kier molecular flexibility index (Phi) is 7.21. The summed E-state index contributed by atoms with van der Waals surface area (Å²) in [6.07, 6.45) is 2.29. The van der Waals surface area contributed by atoms with Crippen molar-refractivity contribution in [3.8, 4) is 0 Å². The maximum atomic E-state index is 13.6. The van der Waals surface area contributed by atoms with E-state index in [1.807, 2.05) is 56.5 Å². The summed E-state index contributed by atoms with van der Waals surface area (Å²) in [5.41, 5.74) is 3.21. The molecule has 186 valence electrons. The smallest absolute Gasteiger partial charge is 0.251 e. The highest BCUT2D eigenvalue weighted by molar-refractivity contribution is 5.97. The molecule has 2 N–H and O–H groups in total. The van der Waals surface area contributed by atoms with Crippen molar-refractivity contribution in [3.05, 3.63) is 76.6 Å². The number of fused-ring (bicyclic) bond motifs is 1. The van der Waals surface area contributed by atoms with Crippen LogP contribution in [-0.4, -0.2) is 28.8 Å². The first-order valence-electron chi connectivity index (χ1n) is 11.9. The molecule has 3 heterocycles. The molecule has 1 aliphatic heterocycles. The molecule has 2 amide bonds. The fraction of sp³-hybridized carbons (Fsp3) is 0.407. The van der Waals surface area contributed by atoms with Gasteiger partial charge in [-0.25, -0.2) is 8.78 Å². The van der Waals surface area contributed by atoms with Gasteiger partial charge >= 0.3 is 0 Å². The molecule has 1 fully saturated rings. The second-order valence-corrected chi connectivity index (χ2v) is 9.54. The quantitative estimate of drug-likeness (QED) is 0.512. The Morgan fingerprint density at radius 3 is 2.63 bits per heavy atom. The molecule has 6 nitrogen and oxygen atoms in total. The maximum Gasteiger partial charge on any atom is 0.251 e. The molecule has 4 atom stereocenters. The lowest BCUT2D eigenvalue weighted by Gasteiger charge is -2.32. The number of rotatable bonds is 7. The van der Waals surface area contributed by atoms with Crippen molar-refractivity contribution in [1.82, 2.24) is 15.0 Å². The van der Waals surface area contributed by atoms with Gasteiger partial charge < -0.3 is 19.8 Å². The summed E-state index contributed by atoms with van der Waals surface area (Å²) in [7, 11) is 0. The van der Waals surface area contributed by atoms with Crippen LogP contribution in [0.15, 0.2) is 42.6 Å². The normalized spacial score (nSPS) is 21.1. The first-order valence-corrected chi connectivity index (χ1v) is 11.9. The Bertz CT molecular complexity index is 1240. The molecule has 8 heteroatoms. The predicted octanol–water partition coefficient (Wildman–Crippen LogP) is 4.69. The molecular formula is C27H31F2N3O3. The molecule has 3 aromatic rings. The van der Waals surface area contributed by atoms with E-state index in [1.54, 1.807) is 0 Å². The summed E-state index contributed by atoms with van der Waals surface area (Å²) in [5.74, 6) is -1.72. The number of carbonyl (C=O) groups is 2. The summed E-state index contributed by atoms with van der Waals surface area (Å²) < 4.78 is 35.0. The fourth-order valence-electron chi connectivity index (χ4n) is 5.02. The molecule has 1 aromatic carbocycles. The number of piperidine rings is 1. The van der Waals surface area contributed by atoms with Crippen molar-refractivity contribution in [3.63, 3.8) is 0 Å². The lowest BCUT2D eigenvalue weighted by atomic mass is 9.84. The number of amides is 2. The van der Waals surface area contributed by atoms with Crippen molar-refractivity contribution in [2.75, 3.05) is 6.54 Å². The van der Waals surface area contributed by atoms with Gasteiger partial charge in [-0.3, -0.25) is 9.59 Å². The average molecular weight is 484 g/mol. The van der Waals surface area contributed by atoms with Crippen LogP contribution in [0.1, 0.15) is 60.5 Å². The zero-order chi connectivity index (χ0) is 25.3. The van der Waals surface area contributed by atoms with Crippen LogP contribution in [0.2, 0.25) is 0 Å². The summed E-state index contributed by atoms with van der Waals surface area (Å²) >= 11 is 0. The molecule has 0 radical (unpaired) electrons. The molecule has 1 aliphatic rings. The minimum Gasteiger partial charge on any atom is -0.368 e. The number of nitrogens with one attached hydrogen (secondary N) is 2. The molecular weight excluding hydrogens is 452 g/mol. The highest BCUT2D eigenvalue weighted by Gasteiger charge is 2.32. The highest BCUT2D eigenvalue weighted by Crippen LogP contribution is 2.28. The number of benzene rings is 1. The van der Waals surface area contributed by atoms with Gasteiger partial charge in [-0.05, 0) is 74.6 Å². The van der Waals surface area contributed by atoms with Crippen LogP contribution in [0.25, 0.3) is 5.52 Å². The van der Waals surface area contributed by atoms with E-state index in [-0.39, 0.29) is 42.8 Å². The number of nitrogens with zero attached hydrogens (tertiary/aromatic N) is 1. The van der Waals surface area contributed by atoms with E-state index in [0.717, 1.165) is 29.3 Å². The Morgan fingerprint density at radius 2 is 1.94 bits per heavy atom. The van der Waals surface area contributed by atoms with Gasteiger partial charge in [-0.2, -0.15) is 0 Å². The van der Waals surface area contributed by atoms with E-state index in [0.29, 0.717) is 11.1 Å². The number of hydrogen-bond acceptors (Lipinski definition) is 3. The molecule has 4 unspecified atom stereocenters. The van der Waals surface area contributed by atoms with E-state index < -0.39 is 17.7 Å². The van der Waals surface area contributed by atoms with Gasteiger partial charge in [0.15, 0.2) is 0 Å². The Hall–Kier alpha value is -3.26. The third kappa shape index (κ3) is 5.37. The van der Waals surface area contributed by atoms with Crippen molar-refractivity contribution >= 4 is 17.3 Å². The van der Waals surface area contributed by atoms with Gasteiger partial charge in [-0.1, -0.05) is 6.92 Å².